The number of rotatable bonds is 3. The van der Waals surface area contributed by atoms with Crippen molar-refractivity contribution >= 4 is 22.9 Å². The zero-order chi connectivity index (χ0) is 13.8. The first-order valence-electron chi connectivity index (χ1n) is 6.02. The highest BCUT2D eigenvalue weighted by Gasteiger charge is 2.04. The molecule has 0 fully saturated rings. The molecule has 0 aliphatic rings. The van der Waals surface area contributed by atoms with Gasteiger partial charge in [0.25, 0.3) is 0 Å². The lowest BCUT2D eigenvalue weighted by Crippen LogP contribution is -1.98. The lowest BCUT2D eigenvalue weighted by Gasteiger charge is -2.04. The first-order valence-corrected chi connectivity index (χ1v) is 6.02. The normalized spacial score (nSPS) is 11.1. The molecular formula is C15H14FNO2. The number of aromatic nitrogens is 1. The molecule has 0 aliphatic carbocycles. The second-order valence-electron chi connectivity index (χ2n) is 4.10. The quantitative estimate of drug-likeness (QED) is 0.627. The molecule has 98 valence electrons. The predicted octanol–water partition coefficient (Wildman–Crippen LogP) is 3.26. The highest BCUT2D eigenvalue weighted by atomic mass is 19.1. The Morgan fingerprint density at radius 2 is 2.21 bits per heavy atom. The molecule has 1 heterocycles. The molecule has 0 N–H and O–H groups in total. The molecule has 0 unspecified atom stereocenters. The molecule has 0 saturated carbocycles. The van der Waals surface area contributed by atoms with Crippen molar-refractivity contribution in [1.82, 2.24) is 4.98 Å². The molecule has 0 aliphatic heterocycles. The van der Waals surface area contributed by atoms with E-state index in [0.717, 1.165) is 11.3 Å². The second-order valence-corrected chi connectivity index (χ2v) is 4.10. The molecule has 1 aromatic carbocycles. The van der Waals surface area contributed by atoms with Crippen molar-refractivity contribution in [3.8, 4) is 0 Å². The van der Waals surface area contributed by atoms with Gasteiger partial charge in [-0.05, 0) is 49.8 Å². The van der Waals surface area contributed by atoms with Crippen molar-refractivity contribution in [2.24, 2.45) is 0 Å². The summed E-state index contributed by atoms with van der Waals surface area (Å²) >= 11 is 0. The highest BCUT2D eigenvalue weighted by molar-refractivity contribution is 5.93. The number of halogens is 1. The van der Waals surface area contributed by atoms with Gasteiger partial charge in [-0.25, -0.2) is 9.18 Å². The van der Waals surface area contributed by atoms with Gasteiger partial charge in [-0.1, -0.05) is 0 Å². The summed E-state index contributed by atoms with van der Waals surface area (Å²) in [6, 6.07) is 6.21. The fourth-order valence-electron chi connectivity index (χ4n) is 1.85. The van der Waals surface area contributed by atoms with E-state index in [0.29, 0.717) is 17.5 Å². The van der Waals surface area contributed by atoms with E-state index in [2.05, 4.69) is 4.98 Å². The van der Waals surface area contributed by atoms with Crippen LogP contribution >= 0.6 is 0 Å². The summed E-state index contributed by atoms with van der Waals surface area (Å²) in [7, 11) is 0. The van der Waals surface area contributed by atoms with Crippen LogP contribution in [0.5, 0.6) is 0 Å². The summed E-state index contributed by atoms with van der Waals surface area (Å²) in [6.07, 6.45) is 2.96. The third-order valence-electron chi connectivity index (χ3n) is 2.62. The molecule has 0 atom stereocenters. The Balaban J connectivity index is 2.46. The van der Waals surface area contributed by atoms with E-state index < -0.39 is 5.97 Å². The van der Waals surface area contributed by atoms with Gasteiger partial charge in [0.2, 0.25) is 0 Å². The number of hydrogen-bond donors (Lipinski definition) is 0. The van der Waals surface area contributed by atoms with E-state index in [1.54, 1.807) is 25.1 Å². The van der Waals surface area contributed by atoms with Crippen molar-refractivity contribution in [3.63, 3.8) is 0 Å². The van der Waals surface area contributed by atoms with E-state index in [1.807, 2.05) is 6.92 Å². The number of nitrogens with zero attached hydrogens (tertiary/aromatic N) is 1. The lowest BCUT2D eigenvalue weighted by atomic mass is 10.1. The van der Waals surface area contributed by atoms with Crippen LogP contribution in [0.2, 0.25) is 0 Å². The van der Waals surface area contributed by atoms with Crippen LogP contribution in [0.4, 0.5) is 4.39 Å². The number of hydrogen-bond acceptors (Lipinski definition) is 3. The maximum Gasteiger partial charge on any atom is 0.330 e. The van der Waals surface area contributed by atoms with E-state index >= 15 is 0 Å². The Morgan fingerprint density at radius 1 is 1.42 bits per heavy atom. The van der Waals surface area contributed by atoms with Gasteiger partial charge >= 0.3 is 5.97 Å². The fourth-order valence-corrected chi connectivity index (χ4v) is 1.85. The number of carbonyl (C=O) groups excluding carboxylic acids is 1. The van der Waals surface area contributed by atoms with Crippen molar-refractivity contribution in [1.29, 1.82) is 0 Å². The molecule has 0 spiro atoms. The molecule has 2 aromatic rings. The van der Waals surface area contributed by atoms with Crippen LogP contribution in [0.25, 0.3) is 17.0 Å². The molecular weight excluding hydrogens is 245 g/mol. The summed E-state index contributed by atoms with van der Waals surface area (Å²) < 4.78 is 18.1. The molecule has 4 heteroatoms. The van der Waals surface area contributed by atoms with Crippen LogP contribution in [0.15, 0.2) is 30.3 Å². The van der Waals surface area contributed by atoms with Gasteiger partial charge in [0.1, 0.15) is 5.82 Å². The average molecular weight is 259 g/mol. The van der Waals surface area contributed by atoms with Crippen LogP contribution in [0.3, 0.4) is 0 Å². The minimum Gasteiger partial charge on any atom is -0.463 e. The summed E-state index contributed by atoms with van der Waals surface area (Å²) in [5.74, 6) is -0.745. The van der Waals surface area contributed by atoms with Crippen LogP contribution in [-0.4, -0.2) is 17.6 Å². The zero-order valence-electron chi connectivity index (χ0n) is 10.8. The largest absolute Gasteiger partial charge is 0.463 e. The number of fused-ring (bicyclic) bond motifs is 1. The van der Waals surface area contributed by atoms with Crippen LogP contribution in [0.1, 0.15) is 18.2 Å². The number of pyridine rings is 1. The third kappa shape index (κ3) is 3.16. The van der Waals surface area contributed by atoms with E-state index in [-0.39, 0.29) is 5.82 Å². The van der Waals surface area contributed by atoms with Crippen LogP contribution in [-0.2, 0) is 9.53 Å². The number of benzene rings is 1. The summed E-state index contributed by atoms with van der Waals surface area (Å²) in [4.78, 5) is 15.6. The highest BCUT2D eigenvalue weighted by Crippen LogP contribution is 2.20. The van der Waals surface area contributed by atoms with E-state index in [4.69, 9.17) is 4.74 Å². The molecule has 3 nitrogen and oxygen atoms in total. The molecule has 0 saturated heterocycles. The molecule has 19 heavy (non-hydrogen) atoms. The zero-order valence-corrected chi connectivity index (χ0v) is 10.8. The first-order chi connectivity index (χ1) is 9.10. The van der Waals surface area contributed by atoms with Gasteiger partial charge in [-0.3, -0.25) is 4.98 Å². The summed E-state index contributed by atoms with van der Waals surface area (Å²) in [6.45, 7) is 3.92. The van der Waals surface area contributed by atoms with Crippen molar-refractivity contribution in [2.45, 2.75) is 13.8 Å². The number of esters is 1. The second kappa shape index (κ2) is 5.61. The van der Waals surface area contributed by atoms with Gasteiger partial charge in [0, 0.05) is 17.2 Å². The average Bonchev–Trinajstić information content (AvgIpc) is 2.37. The standard InChI is InChI=1S/C15H14FNO2/c1-3-19-15(18)7-4-11-8-10(2)17-14-6-5-12(16)9-13(11)14/h4-9H,3H2,1-2H3/b7-4+. The molecule has 0 radical (unpaired) electrons. The molecule has 0 bridgehead atoms. The van der Waals surface area contributed by atoms with Crippen LogP contribution in [0, 0.1) is 12.7 Å². The monoisotopic (exact) mass is 259 g/mol. The first kappa shape index (κ1) is 13.2. The van der Waals surface area contributed by atoms with Gasteiger partial charge in [0.15, 0.2) is 0 Å². The molecule has 1 aromatic heterocycles. The Bertz CT molecular complexity index is 650. The maximum atomic E-state index is 13.3. The predicted molar refractivity (Wildman–Crippen MR) is 72.1 cm³/mol. The number of ether oxygens (including phenoxy) is 1. The summed E-state index contributed by atoms with van der Waals surface area (Å²) in [5, 5.41) is 0.672. The minimum atomic E-state index is -0.415. The third-order valence-corrected chi connectivity index (χ3v) is 2.62. The Labute approximate surface area is 110 Å². The van der Waals surface area contributed by atoms with Gasteiger partial charge in [0.05, 0.1) is 12.1 Å². The van der Waals surface area contributed by atoms with Crippen LogP contribution < -0.4 is 0 Å². The molecule has 2 rings (SSSR count). The Hall–Kier alpha value is -2.23. The van der Waals surface area contributed by atoms with Gasteiger partial charge in [-0.2, -0.15) is 0 Å². The Morgan fingerprint density at radius 3 is 2.95 bits per heavy atom. The Kier molecular flexibility index (Phi) is 3.90. The lowest BCUT2D eigenvalue weighted by molar-refractivity contribution is -0.137. The minimum absolute atomic E-state index is 0.327. The number of aryl methyl sites for hydroxylation is 1. The maximum absolute atomic E-state index is 13.3. The van der Waals surface area contributed by atoms with Gasteiger partial charge < -0.3 is 4.74 Å². The van der Waals surface area contributed by atoms with Crippen molar-refractivity contribution in [3.05, 3.63) is 47.4 Å². The van der Waals surface area contributed by atoms with E-state index in [9.17, 15) is 9.18 Å². The smallest absolute Gasteiger partial charge is 0.330 e. The number of carbonyl (C=O) groups is 1. The van der Waals surface area contributed by atoms with Crippen molar-refractivity contribution in [2.75, 3.05) is 6.61 Å². The fraction of sp³-hybridized carbons (Fsp3) is 0.200. The SMILES string of the molecule is CCOC(=O)/C=C/c1cc(C)nc2ccc(F)cc12. The van der Waals surface area contributed by atoms with E-state index in [1.165, 1.54) is 18.2 Å². The van der Waals surface area contributed by atoms with Gasteiger partial charge in [-0.15, -0.1) is 0 Å². The van der Waals surface area contributed by atoms with Crippen molar-refractivity contribution < 1.29 is 13.9 Å². The molecule has 0 amide bonds. The summed E-state index contributed by atoms with van der Waals surface area (Å²) in [5.41, 5.74) is 2.25. The topological polar surface area (TPSA) is 39.2 Å².